The molecule has 0 bridgehead atoms. The second kappa shape index (κ2) is 4.34. The van der Waals surface area contributed by atoms with Crippen LogP contribution in [0.1, 0.15) is 15.4 Å². The molecule has 0 fully saturated rings. The molecule has 1 rings (SSSR count). The molecule has 3 N–H and O–H groups in total. The Labute approximate surface area is 84.1 Å². The third kappa shape index (κ3) is 2.27. The molecule has 1 heterocycles. The van der Waals surface area contributed by atoms with E-state index in [2.05, 4.69) is 15.5 Å². The molecular weight excluding hydrogens is 202 g/mol. The molecule has 1 aromatic heterocycles. The predicted octanol–water partition coefficient (Wildman–Crippen LogP) is 0.273. The van der Waals surface area contributed by atoms with E-state index in [9.17, 15) is 4.79 Å². The minimum Gasteiger partial charge on any atom is -0.375 e. The lowest BCUT2D eigenvalue weighted by Gasteiger charge is -1.94. The van der Waals surface area contributed by atoms with E-state index in [1.165, 1.54) is 0 Å². The fourth-order valence-electron chi connectivity index (χ4n) is 0.799. The third-order valence-electron chi connectivity index (χ3n) is 1.31. The van der Waals surface area contributed by atoms with Gasteiger partial charge in [-0.15, -0.1) is 0 Å². The van der Waals surface area contributed by atoms with Crippen molar-refractivity contribution in [3.63, 3.8) is 0 Å². The summed E-state index contributed by atoms with van der Waals surface area (Å²) in [7, 11) is 0. The zero-order chi connectivity index (χ0) is 10.6. The normalized spacial score (nSPS) is 10.0. The fraction of sp³-hybridized carbons (Fsp3) is 0.143. The highest BCUT2D eigenvalue weighted by Crippen LogP contribution is 2.18. The molecule has 0 saturated heterocycles. The first-order chi connectivity index (χ1) is 6.65. The van der Waals surface area contributed by atoms with Gasteiger partial charge in [0.2, 0.25) is 0 Å². The molecule has 1 aromatic rings. The minimum absolute atomic E-state index is 0.330. The van der Waals surface area contributed by atoms with Crippen LogP contribution < -0.4 is 11.2 Å². The highest BCUT2D eigenvalue weighted by molar-refractivity contribution is 7.17. The first-order valence-electron chi connectivity index (χ1n) is 3.59. The fourth-order valence-corrected chi connectivity index (χ4v) is 1.52. The molecule has 0 saturated carbocycles. The molecule has 0 aromatic carbocycles. The average Bonchev–Trinajstić information content (AvgIpc) is 2.45. The maximum atomic E-state index is 11.3. The van der Waals surface area contributed by atoms with Crippen LogP contribution in [0.15, 0.2) is 5.10 Å². The monoisotopic (exact) mass is 209 g/mol. The number of amides is 1. The van der Waals surface area contributed by atoms with Crippen molar-refractivity contribution in [3.05, 3.63) is 10.6 Å². The van der Waals surface area contributed by atoms with Crippen LogP contribution in [0.2, 0.25) is 0 Å². The number of anilines is 1. The van der Waals surface area contributed by atoms with Gasteiger partial charge in [0.05, 0.1) is 5.69 Å². The van der Waals surface area contributed by atoms with Crippen molar-refractivity contribution < 1.29 is 4.79 Å². The van der Waals surface area contributed by atoms with Gasteiger partial charge in [-0.05, 0) is 6.92 Å². The Morgan fingerprint density at radius 3 is 3.07 bits per heavy atom. The van der Waals surface area contributed by atoms with Gasteiger partial charge in [0.25, 0.3) is 5.91 Å². The lowest BCUT2D eigenvalue weighted by atomic mass is 10.4. The number of aromatic nitrogens is 1. The maximum Gasteiger partial charge on any atom is 0.283 e. The Balaban J connectivity index is 2.75. The molecule has 0 aliphatic rings. The number of hydrogen-bond acceptors (Lipinski definition) is 6. The molecular formula is C7H7N5OS. The molecule has 0 aliphatic heterocycles. The summed E-state index contributed by atoms with van der Waals surface area (Å²) in [5.74, 6) is -0.414. The zero-order valence-electron chi connectivity index (χ0n) is 7.31. The standard InChI is InChI=1S/C7H7N5OS/c1-4-5(14-7(9)11-4)6(13)12-10-3-2-8/h3H,1H3,(H2,9,11)(H,12,13)/b10-3+. The van der Waals surface area contributed by atoms with Crippen LogP contribution in [0, 0.1) is 18.3 Å². The van der Waals surface area contributed by atoms with Gasteiger partial charge in [0.15, 0.2) is 5.13 Å². The van der Waals surface area contributed by atoms with E-state index in [1.54, 1.807) is 13.0 Å². The number of nitrogen functional groups attached to an aromatic ring is 1. The van der Waals surface area contributed by atoms with Crippen molar-refractivity contribution in [2.75, 3.05) is 5.73 Å². The van der Waals surface area contributed by atoms with Gasteiger partial charge < -0.3 is 5.73 Å². The van der Waals surface area contributed by atoms with Crippen LogP contribution in [-0.4, -0.2) is 17.1 Å². The van der Waals surface area contributed by atoms with Crippen LogP contribution in [-0.2, 0) is 0 Å². The SMILES string of the molecule is Cc1nc(N)sc1C(=O)N/N=C/C#N. The van der Waals surface area contributed by atoms with Crippen molar-refractivity contribution in [3.8, 4) is 6.07 Å². The van der Waals surface area contributed by atoms with Crippen LogP contribution in [0.5, 0.6) is 0 Å². The summed E-state index contributed by atoms with van der Waals surface area (Å²) in [6.07, 6.45) is 0.928. The molecule has 0 aliphatic carbocycles. The maximum absolute atomic E-state index is 11.3. The summed E-state index contributed by atoms with van der Waals surface area (Å²) in [6, 6.07) is 1.65. The predicted molar refractivity (Wildman–Crippen MR) is 52.8 cm³/mol. The Bertz CT molecular complexity index is 416. The van der Waals surface area contributed by atoms with Crippen LogP contribution in [0.3, 0.4) is 0 Å². The number of thiazole rings is 1. The van der Waals surface area contributed by atoms with E-state index in [-0.39, 0.29) is 0 Å². The van der Waals surface area contributed by atoms with E-state index in [0.717, 1.165) is 17.6 Å². The highest BCUT2D eigenvalue weighted by Gasteiger charge is 2.12. The summed E-state index contributed by atoms with van der Waals surface area (Å²) in [5, 5.41) is 11.8. The second-order valence-electron chi connectivity index (χ2n) is 2.29. The molecule has 14 heavy (non-hydrogen) atoms. The quantitative estimate of drug-likeness (QED) is 0.538. The first kappa shape index (κ1) is 10.1. The van der Waals surface area contributed by atoms with Gasteiger partial charge in [-0.3, -0.25) is 4.79 Å². The van der Waals surface area contributed by atoms with Crippen molar-refractivity contribution in [1.29, 1.82) is 5.26 Å². The van der Waals surface area contributed by atoms with E-state index < -0.39 is 5.91 Å². The number of nitrogens with zero attached hydrogens (tertiary/aromatic N) is 3. The molecule has 1 amide bonds. The second-order valence-corrected chi connectivity index (χ2v) is 3.33. The summed E-state index contributed by atoms with van der Waals surface area (Å²) < 4.78 is 0. The Morgan fingerprint density at radius 1 is 1.86 bits per heavy atom. The number of carbonyl (C=O) groups is 1. The van der Waals surface area contributed by atoms with Gasteiger partial charge in [-0.1, -0.05) is 11.3 Å². The van der Waals surface area contributed by atoms with Crippen LogP contribution >= 0.6 is 11.3 Å². The molecule has 0 atom stereocenters. The van der Waals surface area contributed by atoms with Crippen molar-refractivity contribution in [1.82, 2.24) is 10.4 Å². The van der Waals surface area contributed by atoms with Gasteiger partial charge in [-0.25, -0.2) is 10.4 Å². The lowest BCUT2D eigenvalue weighted by molar-refractivity contribution is 0.0958. The van der Waals surface area contributed by atoms with Gasteiger partial charge in [-0.2, -0.15) is 10.4 Å². The van der Waals surface area contributed by atoms with E-state index in [4.69, 9.17) is 11.0 Å². The Kier molecular flexibility index (Phi) is 3.14. The van der Waals surface area contributed by atoms with Crippen LogP contribution in [0.4, 0.5) is 5.13 Å². The minimum atomic E-state index is -0.414. The molecule has 0 unspecified atom stereocenters. The number of hydrazone groups is 1. The Hall–Kier alpha value is -1.94. The van der Waals surface area contributed by atoms with E-state index in [1.807, 2.05) is 0 Å². The van der Waals surface area contributed by atoms with E-state index >= 15 is 0 Å². The number of aryl methyl sites for hydroxylation is 1. The Morgan fingerprint density at radius 2 is 2.57 bits per heavy atom. The number of nitrogens with one attached hydrogen (secondary N) is 1. The molecule has 72 valence electrons. The smallest absolute Gasteiger partial charge is 0.283 e. The summed E-state index contributed by atoms with van der Waals surface area (Å²) in [4.78, 5) is 15.6. The lowest BCUT2D eigenvalue weighted by Crippen LogP contribution is -2.16. The van der Waals surface area contributed by atoms with Crippen molar-refractivity contribution in [2.45, 2.75) is 6.92 Å². The van der Waals surface area contributed by atoms with Crippen molar-refractivity contribution in [2.24, 2.45) is 5.10 Å². The van der Waals surface area contributed by atoms with E-state index in [0.29, 0.717) is 15.7 Å². The zero-order valence-corrected chi connectivity index (χ0v) is 8.13. The molecule has 0 spiro atoms. The number of nitriles is 1. The number of rotatable bonds is 2. The topological polar surface area (TPSA) is 104 Å². The summed E-state index contributed by atoms with van der Waals surface area (Å²) in [5.41, 5.74) is 8.14. The number of carbonyl (C=O) groups excluding carboxylic acids is 1. The third-order valence-corrected chi connectivity index (χ3v) is 2.29. The van der Waals surface area contributed by atoms with Gasteiger partial charge >= 0.3 is 0 Å². The summed E-state index contributed by atoms with van der Waals surface area (Å²) in [6.45, 7) is 1.68. The van der Waals surface area contributed by atoms with Crippen LogP contribution in [0.25, 0.3) is 0 Å². The van der Waals surface area contributed by atoms with Gasteiger partial charge in [0, 0.05) is 0 Å². The molecule has 0 radical (unpaired) electrons. The number of hydrogen-bond donors (Lipinski definition) is 2. The highest BCUT2D eigenvalue weighted by atomic mass is 32.1. The summed E-state index contributed by atoms with van der Waals surface area (Å²) >= 11 is 1.08. The molecule has 6 nitrogen and oxygen atoms in total. The average molecular weight is 209 g/mol. The molecule has 7 heteroatoms. The number of nitrogens with two attached hydrogens (primary N) is 1. The first-order valence-corrected chi connectivity index (χ1v) is 4.41. The van der Waals surface area contributed by atoms with Crippen molar-refractivity contribution >= 4 is 28.6 Å². The largest absolute Gasteiger partial charge is 0.375 e. The van der Waals surface area contributed by atoms with Gasteiger partial charge in [0.1, 0.15) is 17.2 Å².